The molecule has 0 spiro atoms. The smallest absolute Gasteiger partial charge is 0.0467 e. The predicted octanol–water partition coefficient (Wildman–Crippen LogP) is 3.88. The molecule has 1 rings (SSSR count). The van der Waals surface area contributed by atoms with Crippen molar-refractivity contribution in [1.29, 1.82) is 0 Å². The van der Waals surface area contributed by atoms with Crippen molar-refractivity contribution in [1.82, 2.24) is 4.90 Å². The minimum atomic E-state index is 0.327. The summed E-state index contributed by atoms with van der Waals surface area (Å²) in [5, 5.41) is 0. The van der Waals surface area contributed by atoms with Gasteiger partial charge in [-0.05, 0) is 44.1 Å². The van der Waals surface area contributed by atoms with Gasteiger partial charge in [0.05, 0.1) is 0 Å². The second-order valence-electron chi connectivity index (χ2n) is 4.95. The second kappa shape index (κ2) is 7.93. The van der Waals surface area contributed by atoms with Gasteiger partial charge in [0.2, 0.25) is 0 Å². The number of halogens is 1. The van der Waals surface area contributed by atoms with E-state index in [1.807, 2.05) is 0 Å². The van der Waals surface area contributed by atoms with E-state index >= 15 is 0 Å². The highest BCUT2D eigenvalue weighted by atomic mass is 79.9. The summed E-state index contributed by atoms with van der Waals surface area (Å²) in [5.41, 5.74) is 8.53. The molecule has 1 aromatic rings. The first-order chi connectivity index (χ1) is 8.60. The number of hydrogen-bond acceptors (Lipinski definition) is 2. The lowest BCUT2D eigenvalue weighted by Gasteiger charge is -2.27. The Balaban J connectivity index is 2.72. The topological polar surface area (TPSA) is 29.3 Å². The standard InChI is InChI=1S/C15H25BrN2/c1-4-5-6-9-18(3)15(11-17)13-7-8-14(16)12(2)10-13/h7-8,10,15H,4-6,9,11,17H2,1-3H3. The fourth-order valence-corrected chi connectivity index (χ4v) is 2.46. The molecule has 1 unspecified atom stereocenters. The average molecular weight is 313 g/mol. The quantitative estimate of drug-likeness (QED) is 0.774. The van der Waals surface area contributed by atoms with Gasteiger partial charge in [0.1, 0.15) is 0 Å². The summed E-state index contributed by atoms with van der Waals surface area (Å²) in [6.07, 6.45) is 3.80. The molecular weight excluding hydrogens is 288 g/mol. The summed E-state index contributed by atoms with van der Waals surface area (Å²) >= 11 is 3.54. The lowest BCUT2D eigenvalue weighted by atomic mass is 10.0. The molecule has 0 saturated carbocycles. The Hall–Kier alpha value is -0.380. The van der Waals surface area contributed by atoms with E-state index in [0.717, 1.165) is 11.0 Å². The minimum Gasteiger partial charge on any atom is -0.329 e. The monoisotopic (exact) mass is 312 g/mol. The van der Waals surface area contributed by atoms with Gasteiger partial charge in [-0.1, -0.05) is 47.8 Å². The zero-order valence-corrected chi connectivity index (χ0v) is 13.3. The van der Waals surface area contributed by atoms with Crippen LogP contribution in [0.1, 0.15) is 43.4 Å². The Morgan fingerprint density at radius 2 is 2.06 bits per heavy atom. The van der Waals surface area contributed by atoms with E-state index in [1.165, 1.54) is 30.4 Å². The van der Waals surface area contributed by atoms with Crippen LogP contribution in [-0.2, 0) is 0 Å². The molecule has 2 nitrogen and oxygen atoms in total. The lowest BCUT2D eigenvalue weighted by Crippen LogP contribution is -2.31. The molecule has 3 heteroatoms. The maximum absolute atomic E-state index is 5.94. The van der Waals surface area contributed by atoms with Crippen molar-refractivity contribution < 1.29 is 0 Å². The van der Waals surface area contributed by atoms with E-state index in [0.29, 0.717) is 12.6 Å². The van der Waals surface area contributed by atoms with Crippen LogP contribution >= 0.6 is 15.9 Å². The largest absolute Gasteiger partial charge is 0.329 e. The molecule has 1 aromatic carbocycles. The Kier molecular flexibility index (Phi) is 6.90. The Morgan fingerprint density at radius 3 is 2.61 bits per heavy atom. The highest BCUT2D eigenvalue weighted by Gasteiger charge is 2.15. The number of hydrogen-bond donors (Lipinski definition) is 1. The molecule has 0 aliphatic carbocycles. The van der Waals surface area contributed by atoms with Crippen molar-refractivity contribution in [2.24, 2.45) is 5.73 Å². The molecule has 0 aliphatic rings. The number of rotatable bonds is 7. The molecule has 102 valence electrons. The van der Waals surface area contributed by atoms with Crippen LogP contribution in [0.3, 0.4) is 0 Å². The van der Waals surface area contributed by atoms with Crippen molar-refractivity contribution in [2.75, 3.05) is 20.1 Å². The molecule has 0 heterocycles. The Bertz CT molecular complexity index is 366. The summed E-state index contributed by atoms with van der Waals surface area (Å²) in [5.74, 6) is 0. The van der Waals surface area contributed by atoms with Gasteiger partial charge < -0.3 is 5.73 Å². The van der Waals surface area contributed by atoms with Gasteiger partial charge in [-0.25, -0.2) is 0 Å². The van der Waals surface area contributed by atoms with Crippen molar-refractivity contribution in [2.45, 2.75) is 39.2 Å². The zero-order chi connectivity index (χ0) is 13.5. The summed E-state index contributed by atoms with van der Waals surface area (Å²) in [4.78, 5) is 2.37. The van der Waals surface area contributed by atoms with Gasteiger partial charge >= 0.3 is 0 Å². The SMILES string of the molecule is CCCCCN(C)C(CN)c1ccc(Br)c(C)c1. The third-order valence-corrected chi connectivity index (χ3v) is 4.33. The van der Waals surface area contributed by atoms with Crippen LogP contribution in [-0.4, -0.2) is 25.0 Å². The normalized spacial score (nSPS) is 13.0. The zero-order valence-electron chi connectivity index (χ0n) is 11.7. The van der Waals surface area contributed by atoms with E-state index in [1.54, 1.807) is 0 Å². The van der Waals surface area contributed by atoms with E-state index in [9.17, 15) is 0 Å². The van der Waals surface area contributed by atoms with Crippen LogP contribution in [0.5, 0.6) is 0 Å². The minimum absolute atomic E-state index is 0.327. The fraction of sp³-hybridized carbons (Fsp3) is 0.600. The van der Waals surface area contributed by atoms with Gasteiger partial charge in [0.15, 0.2) is 0 Å². The molecule has 2 N–H and O–H groups in total. The summed E-state index contributed by atoms with van der Waals surface area (Å²) in [7, 11) is 2.17. The van der Waals surface area contributed by atoms with E-state index in [-0.39, 0.29) is 0 Å². The van der Waals surface area contributed by atoms with Gasteiger partial charge in [-0.2, -0.15) is 0 Å². The Labute approximate surface area is 120 Å². The predicted molar refractivity (Wildman–Crippen MR) is 82.8 cm³/mol. The van der Waals surface area contributed by atoms with Crippen molar-refractivity contribution in [3.63, 3.8) is 0 Å². The molecule has 0 amide bonds. The van der Waals surface area contributed by atoms with Gasteiger partial charge in [-0.3, -0.25) is 4.90 Å². The molecule has 0 aromatic heterocycles. The number of unbranched alkanes of at least 4 members (excludes halogenated alkanes) is 2. The van der Waals surface area contributed by atoms with Crippen LogP contribution in [0.4, 0.5) is 0 Å². The molecule has 0 saturated heterocycles. The number of nitrogens with two attached hydrogens (primary N) is 1. The van der Waals surface area contributed by atoms with E-state index < -0.39 is 0 Å². The second-order valence-corrected chi connectivity index (χ2v) is 5.80. The summed E-state index contributed by atoms with van der Waals surface area (Å²) in [6, 6.07) is 6.85. The first-order valence-electron chi connectivity index (χ1n) is 6.76. The van der Waals surface area contributed by atoms with E-state index in [4.69, 9.17) is 5.73 Å². The number of likely N-dealkylation sites (N-methyl/N-ethyl adjacent to an activating group) is 1. The average Bonchev–Trinajstić information content (AvgIpc) is 2.35. The third-order valence-electron chi connectivity index (χ3n) is 3.44. The van der Waals surface area contributed by atoms with E-state index in [2.05, 4.69) is 59.9 Å². The van der Waals surface area contributed by atoms with Crippen LogP contribution < -0.4 is 5.73 Å². The van der Waals surface area contributed by atoms with Crippen LogP contribution in [0, 0.1) is 6.92 Å². The van der Waals surface area contributed by atoms with Crippen LogP contribution in [0.25, 0.3) is 0 Å². The van der Waals surface area contributed by atoms with Crippen LogP contribution in [0.2, 0.25) is 0 Å². The maximum atomic E-state index is 5.94. The van der Waals surface area contributed by atoms with Crippen molar-refractivity contribution >= 4 is 15.9 Å². The highest BCUT2D eigenvalue weighted by molar-refractivity contribution is 9.10. The first-order valence-corrected chi connectivity index (χ1v) is 7.55. The number of aryl methyl sites for hydroxylation is 1. The van der Waals surface area contributed by atoms with Crippen LogP contribution in [0.15, 0.2) is 22.7 Å². The first kappa shape index (κ1) is 15.7. The summed E-state index contributed by atoms with van der Waals surface area (Å²) < 4.78 is 1.16. The van der Waals surface area contributed by atoms with Gasteiger partial charge in [0.25, 0.3) is 0 Å². The molecule has 0 aliphatic heterocycles. The molecule has 0 fully saturated rings. The van der Waals surface area contributed by atoms with Gasteiger partial charge in [-0.15, -0.1) is 0 Å². The molecule has 1 atom stereocenters. The summed E-state index contributed by atoms with van der Waals surface area (Å²) in [6.45, 7) is 6.14. The number of nitrogens with zero attached hydrogens (tertiary/aromatic N) is 1. The van der Waals surface area contributed by atoms with Crippen molar-refractivity contribution in [3.8, 4) is 0 Å². The fourth-order valence-electron chi connectivity index (χ4n) is 2.21. The lowest BCUT2D eigenvalue weighted by molar-refractivity contribution is 0.245. The molecule has 0 radical (unpaired) electrons. The van der Waals surface area contributed by atoms with Crippen molar-refractivity contribution in [3.05, 3.63) is 33.8 Å². The Morgan fingerprint density at radius 1 is 1.33 bits per heavy atom. The van der Waals surface area contributed by atoms with Gasteiger partial charge in [0, 0.05) is 17.1 Å². The molecule has 0 bridgehead atoms. The highest BCUT2D eigenvalue weighted by Crippen LogP contribution is 2.24. The molecular formula is C15H25BrN2. The maximum Gasteiger partial charge on any atom is 0.0467 e. The third kappa shape index (κ3) is 4.38. The molecule has 18 heavy (non-hydrogen) atoms. The number of benzene rings is 1.